The van der Waals surface area contributed by atoms with Crippen molar-refractivity contribution in [2.45, 2.75) is 18.9 Å². The van der Waals surface area contributed by atoms with Gasteiger partial charge >= 0.3 is 6.03 Å². The van der Waals surface area contributed by atoms with Crippen molar-refractivity contribution in [2.75, 3.05) is 18.4 Å². The second-order valence-electron chi connectivity index (χ2n) is 6.87. The van der Waals surface area contributed by atoms with Crippen LogP contribution in [0.3, 0.4) is 0 Å². The van der Waals surface area contributed by atoms with Crippen molar-refractivity contribution >= 4 is 11.7 Å². The Hall–Kier alpha value is -3.34. The summed E-state index contributed by atoms with van der Waals surface area (Å²) in [5, 5.41) is 2.89. The summed E-state index contributed by atoms with van der Waals surface area (Å²) in [4.78, 5) is 18.2. The third kappa shape index (κ3) is 4.49. The Morgan fingerprint density at radius 1 is 0.964 bits per heavy atom. The maximum atomic E-state index is 12.4. The number of pyridine rings is 1. The summed E-state index contributed by atoms with van der Waals surface area (Å²) in [6, 6.07) is 22.0. The number of carbonyl (C=O) groups excluding carboxylic acids is 1. The molecule has 1 aliphatic rings. The van der Waals surface area contributed by atoms with Crippen LogP contribution in [0.15, 0.2) is 79.1 Å². The lowest BCUT2D eigenvalue weighted by molar-refractivity contribution is 0.115. The van der Waals surface area contributed by atoms with Crippen LogP contribution in [0.1, 0.15) is 12.8 Å². The molecule has 0 saturated carbocycles. The number of urea groups is 1. The fraction of sp³-hybridized carbons (Fsp3) is 0.217. The highest BCUT2D eigenvalue weighted by atomic mass is 16.5. The molecule has 1 saturated heterocycles. The number of rotatable bonds is 4. The van der Waals surface area contributed by atoms with Gasteiger partial charge in [-0.25, -0.2) is 4.79 Å². The molecule has 0 spiro atoms. The van der Waals surface area contributed by atoms with Crippen LogP contribution in [0.25, 0.3) is 11.1 Å². The average molecular weight is 373 g/mol. The highest BCUT2D eigenvalue weighted by Gasteiger charge is 2.24. The number of benzene rings is 2. The predicted molar refractivity (Wildman–Crippen MR) is 110 cm³/mol. The molecule has 0 bridgehead atoms. The summed E-state index contributed by atoms with van der Waals surface area (Å²) in [5.41, 5.74) is 3.03. The Morgan fingerprint density at radius 2 is 1.75 bits per heavy atom. The van der Waals surface area contributed by atoms with E-state index in [1.165, 1.54) is 5.56 Å². The number of piperidine rings is 1. The van der Waals surface area contributed by atoms with Gasteiger partial charge in [0.15, 0.2) is 0 Å². The molecule has 0 unspecified atom stereocenters. The first-order valence-corrected chi connectivity index (χ1v) is 9.56. The molecule has 142 valence electrons. The van der Waals surface area contributed by atoms with Crippen LogP contribution in [0.5, 0.6) is 5.75 Å². The Bertz CT molecular complexity index is 907. The van der Waals surface area contributed by atoms with Gasteiger partial charge < -0.3 is 15.0 Å². The number of amides is 2. The van der Waals surface area contributed by atoms with Gasteiger partial charge in [0, 0.05) is 32.1 Å². The summed E-state index contributed by atoms with van der Waals surface area (Å²) >= 11 is 0. The standard InChI is InChI=1S/C23H23N3O2/c27-23(25-20-9-5-13-24-17-20)26-14-11-21(12-15-26)28-22-10-4-8-19(16-22)18-6-2-1-3-7-18/h1-10,13,16-17,21H,11-12,14-15H2,(H,25,27). The molecule has 5 heteroatoms. The van der Waals surface area contributed by atoms with Crippen molar-refractivity contribution in [1.82, 2.24) is 9.88 Å². The zero-order chi connectivity index (χ0) is 19.2. The molecule has 1 aliphatic heterocycles. The lowest BCUT2D eigenvalue weighted by Crippen LogP contribution is -2.43. The number of carbonyl (C=O) groups is 1. The Morgan fingerprint density at radius 3 is 2.50 bits per heavy atom. The molecule has 0 radical (unpaired) electrons. The molecule has 28 heavy (non-hydrogen) atoms. The Balaban J connectivity index is 1.32. The van der Waals surface area contributed by atoms with E-state index in [0.29, 0.717) is 18.8 Å². The molecule has 3 aromatic rings. The summed E-state index contributed by atoms with van der Waals surface area (Å²) in [7, 11) is 0. The van der Waals surface area contributed by atoms with Gasteiger partial charge in [-0.05, 0) is 35.4 Å². The lowest BCUT2D eigenvalue weighted by Gasteiger charge is -2.32. The van der Waals surface area contributed by atoms with E-state index in [4.69, 9.17) is 4.74 Å². The van der Waals surface area contributed by atoms with E-state index in [1.54, 1.807) is 18.5 Å². The Kier molecular flexibility index (Phi) is 5.52. The molecule has 4 rings (SSSR count). The van der Waals surface area contributed by atoms with Gasteiger partial charge in [0.2, 0.25) is 0 Å². The highest BCUT2D eigenvalue weighted by molar-refractivity contribution is 5.89. The second kappa shape index (κ2) is 8.57. The van der Waals surface area contributed by atoms with E-state index < -0.39 is 0 Å². The minimum atomic E-state index is -0.0856. The monoisotopic (exact) mass is 373 g/mol. The van der Waals surface area contributed by atoms with Gasteiger partial charge in [0.05, 0.1) is 11.9 Å². The Labute approximate surface area is 165 Å². The number of nitrogens with zero attached hydrogens (tertiary/aromatic N) is 2. The third-order valence-electron chi connectivity index (χ3n) is 4.89. The molecule has 0 aliphatic carbocycles. The topological polar surface area (TPSA) is 54.5 Å². The molecule has 1 fully saturated rings. The van der Waals surface area contributed by atoms with Gasteiger partial charge in [-0.15, -0.1) is 0 Å². The van der Waals surface area contributed by atoms with Crippen LogP contribution in [-0.4, -0.2) is 35.1 Å². The number of likely N-dealkylation sites (tertiary alicyclic amines) is 1. The number of aromatic nitrogens is 1. The van der Waals surface area contributed by atoms with Crippen LogP contribution in [-0.2, 0) is 0 Å². The minimum Gasteiger partial charge on any atom is -0.490 e. The zero-order valence-corrected chi connectivity index (χ0v) is 15.6. The van der Waals surface area contributed by atoms with E-state index in [-0.39, 0.29) is 12.1 Å². The molecule has 0 atom stereocenters. The second-order valence-corrected chi connectivity index (χ2v) is 6.87. The van der Waals surface area contributed by atoms with Crippen molar-refractivity contribution in [2.24, 2.45) is 0 Å². The lowest BCUT2D eigenvalue weighted by atomic mass is 10.1. The van der Waals surface area contributed by atoms with Gasteiger partial charge in [0.1, 0.15) is 11.9 Å². The number of anilines is 1. The van der Waals surface area contributed by atoms with Crippen LogP contribution < -0.4 is 10.1 Å². The molecule has 2 heterocycles. The van der Waals surface area contributed by atoms with E-state index in [2.05, 4.69) is 34.6 Å². The molecule has 2 aromatic carbocycles. The first-order valence-electron chi connectivity index (χ1n) is 9.56. The summed E-state index contributed by atoms with van der Waals surface area (Å²) < 4.78 is 6.20. The quantitative estimate of drug-likeness (QED) is 0.713. The van der Waals surface area contributed by atoms with Crippen LogP contribution in [0, 0.1) is 0 Å². The largest absolute Gasteiger partial charge is 0.490 e. The fourth-order valence-electron chi connectivity index (χ4n) is 3.39. The average Bonchev–Trinajstić information content (AvgIpc) is 2.76. The fourth-order valence-corrected chi connectivity index (χ4v) is 3.39. The van der Waals surface area contributed by atoms with E-state index in [0.717, 1.165) is 24.2 Å². The van der Waals surface area contributed by atoms with Gasteiger partial charge in [-0.3, -0.25) is 4.98 Å². The van der Waals surface area contributed by atoms with Crippen molar-refractivity contribution in [3.05, 3.63) is 79.1 Å². The van der Waals surface area contributed by atoms with Crippen LogP contribution in [0.2, 0.25) is 0 Å². The normalized spacial score (nSPS) is 14.5. The summed E-state index contributed by atoms with van der Waals surface area (Å²) in [6.07, 6.45) is 5.08. The number of hydrogen-bond donors (Lipinski definition) is 1. The van der Waals surface area contributed by atoms with Gasteiger partial charge in [-0.2, -0.15) is 0 Å². The van der Waals surface area contributed by atoms with Crippen LogP contribution in [0.4, 0.5) is 10.5 Å². The maximum Gasteiger partial charge on any atom is 0.321 e. The van der Waals surface area contributed by atoms with E-state index in [9.17, 15) is 4.79 Å². The predicted octanol–water partition coefficient (Wildman–Crippen LogP) is 4.82. The molecule has 5 nitrogen and oxygen atoms in total. The first kappa shape index (κ1) is 18.0. The van der Waals surface area contributed by atoms with Crippen molar-refractivity contribution in [3.8, 4) is 16.9 Å². The smallest absolute Gasteiger partial charge is 0.321 e. The van der Waals surface area contributed by atoms with Gasteiger partial charge in [-0.1, -0.05) is 42.5 Å². The third-order valence-corrected chi connectivity index (χ3v) is 4.89. The highest BCUT2D eigenvalue weighted by Crippen LogP contribution is 2.26. The molecule has 1 N–H and O–H groups in total. The van der Waals surface area contributed by atoms with Gasteiger partial charge in [0.25, 0.3) is 0 Å². The number of nitrogens with one attached hydrogen (secondary N) is 1. The zero-order valence-electron chi connectivity index (χ0n) is 15.6. The summed E-state index contributed by atoms with van der Waals surface area (Å²) in [5.74, 6) is 0.875. The molecule has 2 amide bonds. The SMILES string of the molecule is O=C(Nc1cccnc1)N1CCC(Oc2cccc(-c3ccccc3)c2)CC1. The maximum absolute atomic E-state index is 12.4. The van der Waals surface area contributed by atoms with Crippen molar-refractivity contribution in [1.29, 1.82) is 0 Å². The number of hydrogen-bond acceptors (Lipinski definition) is 3. The van der Waals surface area contributed by atoms with Crippen molar-refractivity contribution in [3.63, 3.8) is 0 Å². The molecule has 1 aromatic heterocycles. The molecular formula is C23H23N3O2. The molecular weight excluding hydrogens is 350 g/mol. The van der Waals surface area contributed by atoms with Crippen LogP contribution >= 0.6 is 0 Å². The van der Waals surface area contributed by atoms with Crippen molar-refractivity contribution < 1.29 is 9.53 Å². The summed E-state index contributed by atoms with van der Waals surface area (Å²) in [6.45, 7) is 1.35. The number of ether oxygens (including phenoxy) is 1. The van der Waals surface area contributed by atoms with E-state index >= 15 is 0 Å². The van der Waals surface area contributed by atoms with E-state index in [1.807, 2.05) is 41.3 Å². The first-order chi connectivity index (χ1) is 13.8. The minimum absolute atomic E-state index is 0.0856.